The minimum atomic E-state index is -0.0797. The van der Waals surface area contributed by atoms with Crippen molar-refractivity contribution >= 4 is 11.7 Å². The Morgan fingerprint density at radius 3 is 2.56 bits per heavy atom. The minimum absolute atomic E-state index is 0.0787. The summed E-state index contributed by atoms with van der Waals surface area (Å²) in [5, 5.41) is 3.05. The topological polar surface area (TPSA) is 54.5 Å². The third kappa shape index (κ3) is 4.29. The summed E-state index contributed by atoms with van der Waals surface area (Å²) in [5.41, 5.74) is 1.69. The SMILES string of the molecule is COc1ccc(C(C)NC(=O)c2ccnc(N3CCCCC3)c2)cc1. The van der Waals surface area contributed by atoms with E-state index >= 15 is 0 Å². The fourth-order valence-electron chi connectivity index (χ4n) is 3.11. The average molecular weight is 339 g/mol. The molecule has 1 saturated heterocycles. The van der Waals surface area contributed by atoms with Crippen molar-refractivity contribution in [1.82, 2.24) is 10.3 Å². The Balaban J connectivity index is 1.67. The zero-order valence-corrected chi connectivity index (χ0v) is 14.9. The number of aromatic nitrogens is 1. The molecule has 1 fully saturated rings. The largest absolute Gasteiger partial charge is 0.497 e. The molecular weight excluding hydrogens is 314 g/mol. The van der Waals surface area contributed by atoms with Gasteiger partial charge in [0.1, 0.15) is 11.6 Å². The fourth-order valence-corrected chi connectivity index (χ4v) is 3.11. The van der Waals surface area contributed by atoms with E-state index in [4.69, 9.17) is 4.74 Å². The molecule has 132 valence electrons. The van der Waals surface area contributed by atoms with Crippen LogP contribution in [0.3, 0.4) is 0 Å². The Hall–Kier alpha value is -2.56. The number of pyridine rings is 1. The van der Waals surface area contributed by atoms with E-state index < -0.39 is 0 Å². The summed E-state index contributed by atoms with van der Waals surface area (Å²) in [4.78, 5) is 19.3. The Morgan fingerprint density at radius 1 is 1.16 bits per heavy atom. The predicted octanol–water partition coefficient (Wildman–Crippen LogP) is 3.57. The van der Waals surface area contributed by atoms with E-state index in [1.807, 2.05) is 37.3 Å². The number of methoxy groups -OCH3 is 1. The molecule has 25 heavy (non-hydrogen) atoms. The standard InChI is InChI=1S/C20H25N3O2/c1-15(16-6-8-18(25-2)9-7-16)22-20(24)17-10-11-21-19(14-17)23-12-4-3-5-13-23/h6-11,14-15H,3-5,12-13H2,1-2H3,(H,22,24). The van der Waals surface area contributed by atoms with E-state index in [1.54, 1.807) is 19.4 Å². The second kappa shape index (κ2) is 8.01. The van der Waals surface area contributed by atoms with Crippen molar-refractivity contribution in [2.24, 2.45) is 0 Å². The number of carbonyl (C=O) groups excluding carboxylic acids is 1. The predicted molar refractivity (Wildman–Crippen MR) is 99.2 cm³/mol. The van der Waals surface area contributed by atoms with E-state index in [1.165, 1.54) is 19.3 Å². The molecule has 0 bridgehead atoms. The van der Waals surface area contributed by atoms with Crippen LogP contribution in [0, 0.1) is 0 Å². The van der Waals surface area contributed by atoms with Gasteiger partial charge in [-0.05, 0) is 56.0 Å². The van der Waals surface area contributed by atoms with Gasteiger partial charge in [0.25, 0.3) is 5.91 Å². The van der Waals surface area contributed by atoms with E-state index in [0.29, 0.717) is 5.56 Å². The van der Waals surface area contributed by atoms with Gasteiger partial charge in [-0.15, -0.1) is 0 Å². The highest BCUT2D eigenvalue weighted by molar-refractivity contribution is 5.95. The van der Waals surface area contributed by atoms with Crippen molar-refractivity contribution in [3.05, 3.63) is 53.7 Å². The Bertz CT molecular complexity index is 709. The first kappa shape index (κ1) is 17.3. The first-order valence-electron chi connectivity index (χ1n) is 8.83. The number of anilines is 1. The third-order valence-corrected chi connectivity index (χ3v) is 4.65. The van der Waals surface area contributed by atoms with Crippen molar-refractivity contribution in [2.45, 2.75) is 32.2 Å². The third-order valence-electron chi connectivity index (χ3n) is 4.65. The molecular formula is C20H25N3O2. The zero-order chi connectivity index (χ0) is 17.6. The lowest BCUT2D eigenvalue weighted by molar-refractivity contribution is 0.0940. The molecule has 1 amide bonds. The normalized spacial score (nSPS) is 15.5. The minimum Gasteiger partial charge on any atom is -0.497 e. The first-order chi connectivity index (χ1) is 12.2. The van der Waals surface area contributed by atoms with Crippen LogP contribution in [0.1, 0.15) is 48.1 Å². The van der Waals surface area contributed by atoms with Gasteiger partial charge in [-0.3, -0.25) is 4.79 Å². The van der Waals surface area contributed by atoms with Gasteiger partial charge in [-0.2, -0.15) is 0 Å². The molecule has 5 heteroatoms. The lowest BCUT2D eigenvalue weighted by Crippen LogP contribution is -2.31. The number of hydrogen-bond donors (Lipinski definition) is 1. The van der Waals surface area contributed by atoms with Gasteiger partial charge in [-0.1, -0.05) is 12.1 Å². The van der Waals surface area contributed by atoms with Crippen LogP contribution in [0.25, 0.3) is 0 Å². The number of piperidine rings is 1. The molecule has 1 atom stereocenters. The molecule has 0 aliphatic carbocycles. The number of ether oxygens (including phenoxy) is 1. The Labute approximate surface area is 149 Å². The highest BCUT2D eigenvalue weighted by Gasteiger charge is 2.16. The van der Waals surface area contributed by atoms with Gasteiger partial charge in [0, 0.05) is 24.8 Å². The molecule has 0 radical (unpaired) electrons. The fraction of sp³-hybridized carbons (Fsp3) is 0.400. The summed E-state index contributed by atoms with van der Waals surface area (Å²) in [6, 6.07) is 11.3. The smallest absolute Gasteiger partial charge is 0.251 e. The summed E-state index contributed by atoms with van der Waals surface area (Å²) in [6.07, 6.45) is 5.37. The molecule has 1 aliphatic rings. The second-order valence-electron chi connectivity index (χ2n) is 6.42. The van der Waals surface area contributed by atoms with Crippen LogP contribution in [0.15, 0.2) is 42.6 Å². The molecule has 3 rings (SSSR count). The lowest BCUT2D eigenvalue weighted by atomic mass is 10.1. The van der Waals surface area contributed by atoms with Crippen LogP contribution in [-0.2, 0) is 0 Å². The van der Waals surface area contributed by atoms with Gasteiger partial charge in [0.05, 0.1) is 13.2 Å². The number of amides is 1. The number of nitrogens with one attached hydrogen (secondary N) is 1. The van der Waals surface area contributed by atoms with Crippen molar-refractivity contribution in [2.75, 3.05) is 25.1 Å². The average Bonchev–Trinajstić information content (AvgIpc) is 2.68. The molecule has 2 heterocycles. The van der Waals surface area contributed by atoms with Crippen LogP contribution in [0.2, 0.25) is 0 Å². The van der Waals surface area contributed by atoms with Crippen molar-refractivity contribution in [3.63, 3.8) is 0 Å². The maximum absolute atomic E-state index is 12.6. The first-order valence-corrected chi connectivity index (χ1v) is 8.83. The lowest BCUT2D eigenvalue weighted by Gasteiger charge is -2.27. The van der Waals surface area contributed by atoms with E-state index in [9.17, 15) is 4.79 Å². The zero-order valence-electron chi connectivity index (χ0n) is 14.9. The van der Waals surface area contributed by atoms with Gasteiger partial charge < -0.3 is 15.0 Å². The molecule has 1 aromatic carbocycles. The van der Waals surface area contributed by atoms with Gasteiger partial charge >= 0.3 is 0 Å². The van der Waals surface area contributed by atoms with E-state index in [0.717, 1.165) is 30.2 Å². The number of nitrogens with zero attached hydrogens (tertiary/aromatic N) is 2. The summed E-state index contributed by atoms with van der Waals surface area (Å²) >= 11 is 0. The van der Waals surface area contributed by atoms with Crippen LogP contribution >= 0.6 is 0 Å². The molecule has 0 spiro atoms. The van der Waals surface area contributed by atoms with Crippen molar-refractivity contribution < 1.29 is 9.53 Å². The molecule has 0 saturated carbocycles. The molecule has 1 aromatic heterocycles. The van der Waals surface area contributed by atoms with Crippen LogP contribution in [0.5, 0.6) is 5.75 Å². The van der Waals surface area contributed by atoms with Gasteiger partial charge in [-0.25, -0.2) is 4.98 Å². The highest BCUT2D eigenvalue weighted by atomic mass is 16.5. The number of carbonyl (C=O) groups is 1. The van der Waals surface area contributed by atoms with E-state index in [2.05, 4.69) is 15.2 Å². The van der Waals surface area contributed by atoms with Gasteiger partial charge in [0.2, 0.25) is 0 Å². The molecule has 1 unspecified atom stereocenters. The summed E-state index contributed by atoms with van der Waals surface area (Å²) in [5.74, 6) is 1.62. The Kier molecular flexibility index (Phi) is 5.53. The molecule has 1 N–H and O–H groups in total. The molecule has 5 nitrogen and oxygen atoms in total. The maximum atomic E-state index is 12.6. The van der Waals surface area contributed by atoms with E-state index in [-0.39, 0.29) is 11.9 Å². The summed E-state index contributed by atoms with van der Waals surface area (Å²) in [6.45, 7) is 4.01. The molecule has 2 aromatic rings. The monoisotopic (exact) mass is 339 g/mol. The Morgan fingerprint density at radius 2 is 1.88 bits per heavy atom. The number of benzene rings is 1. The summed E-state index contributed by atoms with van der Waals surface area (Å²) < 4.78 is 5.17. The van der Waals surface area contributed by atoms with Gasteiger partial charge in [0.15, 0.2) is 0 Å². The molecule has 1 aliphatic heterocycles. The second-order valence-corrected chi connectivity index (χ2v) is 6.42. The van der Waals surface area contributed by atoms with Crippen LogP contribution < -0.4 is 15.0 Å². The highest BCUT2D eigenvalue weighted by Crippen LogP contribution is 2.20. The van der Waals surface area contributed by atoms with Crippen molar-refractivity contribution in [3.8, 4) is 5.75 Å². The summed E-state index contributed by atoms with van der Waals surface area (Å²) in [7, 11) is 1.64. The quantitative estimate of drug-likeness (QED) is 0.905. The van der Waals surface area contributed by atoms with Crippen LogP contribution in [0.4, 0.5) is 5.82 Å². The maximum Gasteiger partial charge on any atom is 0.251 e. The van der Waals surface area contributed by atoms with Crippen molar-refractivity contribution in [1.29, 1.82) is 0 Å². The number of rotatable bonds is 5. The van der Waals surface area contributed by atoms with Crippen LogP contribution in [-0.4, -0.2) is 31.1 Å². The number of hydrogen-bond acceptors (Lipinski definition) is 4.